The van der Waals surface area contributed by atoms with Crippen molar-refractivity contribution in [1.82, 2.24) is 15.5 Å². The fourth-order valence-corrected chi connectivity index (χ4v) is 1.96. The predicted octanol–water partition coefficient (Wildman–Crippen LogP) is 2.32. The van der Waals surface area contributed by atoms with Gasteiger partial charge in [0.1, 0.15) is 0 Å². The molecular weight excluding hydrogens is 276 g/mol. The van der Waals surface area contributed by atoms with Gasteiger partial charge < -0.3 is 14.5 Å². The molecular formula is C13H16N4O4. The minimum Gasteiger partial charge on any atom is -0.490 e. The summed E-state index contributed by atoms with van der Waals surface area (Å²) in [6.07, 6.45) is 0. The van der Waals surface area contributed by atoms with E-state index in [-0.39, 0.29) is 23.4 Å². The number of rotatable bonds is 6. The number of benzene rings is 1. The summed E-state index contributed by atoms with van der Waals surface area (Å²) in [7, 11) is 1.37. The van der Waals surface area contributed by atoms with Crippen LogP contribution in [0.1, 0.15) is 25.8 Å². The second-order valence-corrected chi connectivity index (χ2v) is 4.34. The molecule has 1 heterocycles. The van der Waals surface area contributed by atoms with Gasteiger partial charge in [-0.2, -0.15) is 0 Å². The van der Waals surface area contributed by atoms with Gasteiger partial charge in [0.2, 0.25) is 11.6 Å². The molecule has 1 atom stereocenters. The fourth-order valence-electron chi connectivity index (χ4n) is 1.96. The van der Waals surface area contributed by atoms with Crippen LogP contribution in [-0.2, 0) is 0 Å². The lowest BCUT2D eigenvalue weighted by atomic mass is 10.1. The lowest BCUT2D eigenvalue weighted by Gasteiger charge is -2.07. The highest BCUT2D eigenvalue weighted by molar-refractivity contribution is 5.69. The SMILES string of the molecule is CCNC(C)c1nnc(-c2cccc([N+](=O)[O-])c2OC)o1. The second kappa shape index (κ2) is 6.31. The number of nitro benzene ring substituents is 1. The van der Waals surface area contributed by atoms with Crippen molar-refractivity contribution in [2.45, 2.75) is 19.9 Å². The number of para-hydroxylation sites is 1. The molecule has 0 saturated carbocycles. The topological polar surface area (TPSA) is 103 Å². The van der Waals surface area contributed by atoms with Crippen molar-refractivity contribution in [2.75, 3.05) is 13.7 Å². The number of hydrogen-bond acceptors (Lipinski definition) is 7. The Hall–Kier alpha value is -2.48. The summed E-state index contributed by atoms with van der Waals surface area (Å²) in [4.78, 5) is 10.5. The summed E-state index contributed by atoms with van der Waals surface area (Å²) in [5, 5.41) is 22.1. The van der Waals surface area contributed by atoms with Crippen LogP contribution in [0.4, 0.5) is 5.69 Å². The molecule has 2 aromatic rings. The van der Waals surface area contributed by atoms with Gasteiger partial charge in [-0.3, -0.25) is 10.1 Å². The molecule has 2 rings (SSSR count). The lowest BCUT2D eigenvalue weighted by molar-refractivity contribution is -0.385. The molecule has 1 unspecified atom stereocenters. The minimum atomic E-state index is -0.513. The van der Waals surface area contributed by atoms with E-state index in [1.54, 1.807) is 12.1 Å². The highest BCUT2D eigenvalue weighted by Gasteiger charge is 2.23. The van der Waals surface area contributed by atoms with Gasteiger partial charge in [-0.25, -0.2) is 0 Å². The van der Waals surface area contributed by atoms with Crippen LogP contribution in [0.3, 0.4) is 0 Å². The molecule has 8 heteroatoms. The summed E-state index contributed by atoms with van der Waals surface area (Å²) < 4.78 is 10.7. The summed E-state index contributed by atoms with van der Waals surface area (Å²) in [5.41, 5.74) is 0.253. The fraction of sp³-hybridized carbons (Fsp3) is 0.385. The zero-order valence-electron chi connectivity index (χ0n) is 12.0. The third kappa shape index (κ3) is 3.00. The average molecular weight is 292 g/mol. The first-order valence-corrected chi connectivity index (χ1v) is 6.47. The van der Waals surface area contributed by atoms with Crippen molar-refractivity contribution in [2.24, 2.45) is 0 Å². The number of hydrogen-bond donors (Lipinski definition) is 1. The molecule has 0 spiro atoms. The van der Waals surface area contributed by atoms with Gasteiger partial charge in [-0.15, -0.1) is 10.2 Å². The van der Waals surface area contributed by atoms with Crippen molar-refractivity contribution in [3.05, 3.63) is 34.2 Å². The largest absolute Gasteiger partial charge is 0.490 e. The molecule has 112 valence electrons. The molecule has 0 fully saturated rings. The highest BCUT2D eigenvalue weighted by Crippen LogP contribution is 2.37. The van der Waals surface area contributed by atoms with E-state index < -0.39 is 4.92 Å². The van der Waals surface area contributed by atoms with Crippen molar-refractivity contribution < 1.29 is 14.1 Å². The molecule has 0 bridgehead atoms. The molecule has 0 radical (unpaired) electrons. The van der Waals surface area contributed by atoms with Crippen LogP contribution in [0, 0.1) is 10.1 Å². The standard InChI is InChI=1S/C13H16N4O4/c1-4-14-8(2)12-15-16-13(21-12)9-6-5-7-10(17(18)19)11(9)20-3/h5-8,14H,4H2,1-3H3. The zero-order chi connectivity index (χ0) is 15.4. The Kier molecular flexibility index (Phi) is 4.49. The molecule has 0 aliphatic carbocycles. The van der Waals surface area contributed by atoms with E-state index in [0.717, 1.165) is 6.54 Å². The van der Waals surface area contributed by atoms with Crippen molar-refractivity contribution in [3.8, 4) is 17.2 Å². The minimum absolute atomic E-state index is 0.0963. The summed E-state index contributed by atoms with van der Waals surface area (Å²) >= 11 is 0. The molecule has 21 heavy (non-hydrogen) atoms. The molecule has 1 aromatic carbocycles. The average Bonchev–Trinajstić information content (AvgIpc) is 2.96. The van der Waals surface area contributed by atoms with Crippen molar-refractivity contribution in [3.63, 3.8) is 0 Å². The van der Waals surface area contributed by atoms with Crippen LogP contribution < -0.4 is 10.1 Å². The van der Waals surface area contributed by atoms with Gasteiger partial charge in [-0.1, -0.05) is 13.0 Å². The summed E-state index contributed by atoms with van der Waals surface area (Å²) in [6.45, 7) is 4.63. The van der Waals surface area contributed by atoms with E-state index in [2.05, 4.69) is 15.5 Å². The van der Waals surface area contributed by atoms with Gasteiger partial charge >= 0.3 is 5.69 Å². The third-order valence-corrected chi connectivity index (χ3v) is 2.95. The lowest BCUT2D eigenvalue weighted by Crippen LogP contribution is -2.17. The number of nitrogens with one attached hydrogen (secondary N) is 1. The maximum Gasteiger partial charge on any atom is 0.311 e. The number of methoxy groups -OCH3 is 1. The number of ether oxygens (including phenoxy) is 1. The molecule has 1 N–H and O–H groups in total. The van der Waals surface area contributed by atoms with Crippen LogP contribution in [-0.4, -0.2) is 28.8 Å². The summed E-state index contributed by atoms with van der Waals surface area (Å²) in [6, 6.07) is 4.45. The van der Waals surface area contributed by atoms with Crippen LogP contribution in [0.25, 0.3) is 11.5 Å². The molecule has 0 amide bonds. The second-order valence-electron chi connectivity index (χ2n) is 4.34. The van der Waals surface area contributed by atoms with E-state index in [9.17, 15) is 10.1 Å². The first-order chi connectivity index (χ1) is 10.1. The van der Waals surface area contributed by atoms with Crippen LogP contribution >= 0.6 is 0 Å². The first-order valence-electron chi connectivity index (χ1n) is 6.47. The third-order valence-electron chi connectivity index (χ3n) is 2.95. The van der Waals surface area contributed by atoms with Crippen molar-refractivity contribution >= 4 is 5.69 Å². The molecule has 0 aliphatic rings. The van der Waals surface area contributed by atoms with Gasteiger partial charge in [0.05, 0.1) is 23.6 Å². The first kappa shape index (κ1) is 14.9. The molecule has 1 aromatic heterocycles. The Morgan fingerprint density at radius 2 is 2.24 bits per heavy atom. The van der Waals surface area contributed by atoms with Gasteiger partial charge in [-0.05, 0) is 19.5 Å². The Morgan fingerprint density at radius 3 is 2.86 bits per heavy atom. The van der Waals surface area contributed by atoms with Crippen molar-refractivity contribution in [1.29, 1.82) is 0 Å². The maximum atomic E-state index is 11.0. The number of nitro groups is 1. The van der Waals surface area contributed by atoms with Crippen LogP contribution in [0.5, 0.6) is 5.75 Å². The van der Waals surface area contributed by atoms with Crippen LogP contribution in [0.2, 0.25) is 0 Å². The molecule has 0 aliphatic heterocycles. The maximum absolute atomic E-state index is 11.0. The number of nitrogens with zero attached hydrogens (tertiary/aromatic N) is 3. The molecule has 0 saturated heterocycles. The van der Waals surface area contributed by atoms with E-state index in [1.807, 2.05) is 13.8 Å². The Labute approximate surface area is 121 Å². The van der Waals surface area contributed by atoms with Gasteiger partial charge in [0, 0.05) is 6.07 Å². The quantitative estimate of drug-likeness (QED) is 0.643. The smallest absolute Gasteiger partial charge is 0.311 e. The zero-order valence-corrected chi connectivity index (χ0v) is 12.0. The molecule has 8 nitrogen and oxygen atoms in total. The summed E-state index contributed by atoms with van der Waals surface area (Å²) in [5.74, 6) is 0.713. The Balaban J connectivity index is 2.43. The Morgan fingerprint density at radius 1 is 1.48 bits per heavy atom. The van der Waals surface area contributed by atoms with Gasteiger partial charge in [0.25, 0.3) is 5.89 Å². The van der Waals surface area contributed by atoms with E-state index in [4.69, 9.17) is 9.15 Å². The van der Waals surface area contributed by atoms with Gasteiger partial charge in [0.15, 0.2) is 0 Å². The van der Waals surface area contributed by atoms with E-state index in [0.29, 0.717) is 11.5 Å². The predicted molar refractivity (Wildman–Crippen MR) is 75.0 cm³/mol. The normalized spacial score (nSPS) is 12.1. The van der Waals surface area contributed by atoms with E-state index >= 15 is 0 Å². The Bertz CT molecular complexity index is 641. The monoisotopic (exact) mass is 292 g/mol. The number of aromatic nitrogens is 2. The van der Waals surface area contributed by atoms with E-state index in [1.165, 1.54) is 13.2 Å². The van der Waals surface area contributed by atoms with Crippen LogP contribution in [0.15, 0.2) is 22.6 Å². The highest BCUT2D eigenvalue weighted by atomic mass is 16.6.